The molecular weight excluding hydrogens is 376 g/mol. The number of nitrogens with zero attached hydrogens (tertiary/aromatic N) is 1. The highest BCUT2D eigenvalue weighted by Crippen LogP contribution is 2.23. The van der Waals surface area contributed by atoms with E-state index < -0.39 is 10.0 Å². The molecule has 3 rings (SSSR count). The van der Waals surface area contributed by atoms with Crippen molar-refractivity contribution in [3.05, 3.63) is 77.5 Å². The van der Waals surface area contributed by atoms with Gasteiger partial charge in [-0.15, -0.1) is 0 Å². The highest BCUT2D eigenvalue weighted by Gasteiger charge is 2.16. The molecule has 0 aliphatic rings. The van der Waals surface area contributed by atoms with Gasteiger partial charge in [-0.05, 0) is 61.4 Å². The van der Waals surface area contributed by atoms with E-state index in [0.29, 0.717) is 17.2 Å². The van der Waals surface area contributed by atoms with Crippen LogP contribution in [0.4, 0.5) is 0 Å². The predicted molar refractivity (Wildman–Crippen MR) is 107 cm³/mol. The van der Waals surface area contributed by atoms with Crippen molar-refractivity contribution in [2.75, 3.05) is 7.11 Å². The van der Waals surface area contributed by atoms with E-state index in [1.807, 2.05) is 13.0 Å². The Morgan fingerprint density at radius 3 is 2.36 bits per heavy atom. The molecule has 146 valence electrons. The number of hydrogen-bond donors (Lipinski definition) is 1. The van der Waals surface area contributed by atoms with E-state index >= 15 is 0 Å². The monoisotopic (exact) mass is 398 g/mol. The van der Waals surface area contributed by atoms with Gasteiger partial charge in [0, 0.05) is 18.8 Å². The fourth-order valence-corrected chi connectivity index (χ4v) is 3.98. The van der Waals surface area contributed by atoms with E-state index in [0.717, 1.165) is 16.9 Å². The number of sulfonamides is 1. The van der Waals surface area contributed by atoms with Crippen LogP contribution in [0.1, 0.15) is 16.7 Å². The summed E-state index contributed by atoms with van der Waals surface area (Å²) in [6.45, 7) is 3.85. The lowest BCUT2D eigenvalue weighted by molar-refractivity contribution is 0.412. The fourth-order valence-electron chi connectivity index (χ4n) is 2.74. The summed E-state index contributed by atoms with van der Waals surface area (Å²) >= 11 is 0. The average Bonchev–Trinajstić information content (AvgIpc) is 2.67. The van der Waals surface area contributed by atoms with Crippen LogP contribution in [0.5, 0.6) is 17.4 Å². The summed E-state index contributed by atoms with van der Waals surface area (Å²) in [7, 11) is -2.01. The zero-order valence-electron chi connectivity index (χ0n) is 16.0. The number of rotatable bonds is 7. The van der Waals surface area contributed by atoms with E-state index in [2.05, 4.69) is 9.71 Å². The first-order valence-electron chi connectivity index (χ1n) is 8.71. The predicted octanol–water partition coefficient (Wildman–Crippen LogP) is 3.98. The lowest BCUT2D eigenvalue weighted by Gasteiger charge is -2.11. The molecule has 0 fully saturated rings. The zero-order chi connectivity index (χ0) is 20.1. The lowest BCUT2D eigenvalue weighted by Crippen LogP contribution is -2.24. The molecule has 28 heavy (non-hydrogen) atoms. The number of aromatic nitrogens is 1. The minimum atomic E-state index is -3.61. The van der Waals surface area contributed by atoms with Crippen molar-refractivity contribution in [3.63, 3.8) is 0 Å². The van der Waals surface area contributed by atoms with Crippen LogP contribution in [0.15, 0.2) is 65.7 Å². The average molecular weight is 398 g/mol. The first-order valence-corrected chi connectivity index (χ1v) is 10.2. The first-order chi connectivity index (χ1) is 13.4. The van der Waals surface area contributed by atoms with Crippen molar-refractivity contribution in [2.45, 2.75) is 25.3 Å². The molecule has 0 saturated heterocycles. The van der Waals surface area contributed by atoms with E-state index in [1.54, 1.807) is 68.8 Å². The molecule has 6 nitrogen and oxygen atoms in total. The molecule has 0 atom stereocenters. The summed E-state index contributed by atoms with van der Waals surface area (Å²) < 4.78 is 38.7. The topological polar surface area (TPSA) is 77.5 Å². The quantitative estimate of drug-likeness (QED) is 0.651. The van der Waals surface area contributed by atoms with Gasteiger partial charge in [-0.2, -0.15) is 0 Å². The maximum absolute atomic E-state index is 12.6. The molecule has 0 amide bonds. The molecule has 2 aromatic carbocycles. The standard InChI is InChI=1S/C21H22N2O4S/c1-15-4-9-20(16(2)12-15)28(24,25)23-14-17-10-11-22-21(13-17)27-19-7-5-18(26-3)6-8-19/h4-13,23H,14H2,1-3H3. The van der Waals surface area contributed by atoms with Gasteiger partial charge in [0.2, 0.25) is 15.9 Å². The lowest BCUT2D eigenvalue weighted by atomic mass is 10.2. The molecule has 7 heteroatoms. The third-order valence-corrected chi connectivity index (χ3v) is 5.73. The number of methoxy groups -OCH3 is 1. The normalized spacial score (nSPS) is 11.2. The molecule has 0 aliphatic heterocycles. The minimum Gasteiger partial charge on any atom is -0.497 e. The van der Waals surface area contributed by atoms with Crippen LogP contribution in [0.25, 0.3) is 0 Å². The van der Waals surface area contributed by atoms with Gasteiger partial charge in [-0.25, -0.2) is 18.1 Å². The van der Waals surface area contributed by atoms with Gasteiger partial charge in [-0.1, -0.05) is 17.7 Å². The third-order valence-electron chi connectivity index (χ3n) is 4.17. The highest BCUT2D eigenvalue weighted by molar-refractivity contribution is 7.89. The van der Waals surface area contributed by atoms with Crippen LogP contribution in [-0.2, 0) is 16.6 Å². The Balaban J connectivity index is 1.70. The van der Waals surface area contributed by atoms with Gasteiger partial charge in [0.1, 0.15) is 11.5 Å². The summed E-state index contributed by atoms with van der Waals surface area (Å²) in [6.07, 6.45) is 1.58. The molecule has 0 aliphatic carbocycles. The molecule has 1 aromatic heterocycles. The number of ether oxygens (including phenoxy) is 2. The Labute approximate surface area is 165 Å². The number of nitrogens with one attached hydrogen (secondary N) is 1. The van der Waals surface area contributed by atoms with Gasteiger partial charge < -0.3 is 9.47 Å². The second-order valence-corrected chi connectivity index (χ2v) is 8.11. The smallest absolute Gasteiger partial charge is 0.241 e. The Morgan fingerprint density at radius 2 is 1.68 bits per heavy atom. The molecule has 0 unspecified atom stereocenters. The van der Waals surface area contributed by atoms with Crippen LogP contribution in [-0.4, -0.2) is 20.5 Å². The Hall–Kier alpha value is -2.90. The summed E-state index contributed by atoms with van der Waals surface area (Å²) in [6, 6.07) is 15.8. The van der Waals surface area contributed by atoms with Crippen molar-refractivity contribution >= 4 is 10.0 Å². The highest BCUT2D eigenvalue weighted by atomic mass is 32.2. The fraction of sp³-hybridized carbons (Fsp3) is 0.190. The largest absolute Gasteiger partial charge is 0.497 e. The van der Waals surface area contributed by atoms with Crippen molar-refractivity contribution in [2.24, 2.45) is 0 Å². The van der Waals surface area contributed by atoms with Crippen LogP contribution in [0.3, 0.4) is 0 Å². The molecule has 1 heterocycles. The third kappa shape index (κ3) is 4.88. The molecular formula is C21H22N2O4S. The molecule has 0 radical (unpaired) electrons. The molecule has 0 saturated carbocycles. The van der Waals surface area contributed by atoms with Crippen LogP contribution >= 0.6 is 0 Å². The van der Waals surface area contributed by atoms with E-state index in [-0.39, 0.29) is 11.4 Å². The number of pyridine rings is 1. The second-order valence-electron chi connectivity index (χ2n) is 6.37. The first kappa shape index (κ1) is 19.9. The Morgan fingerprint density at radius 1 is 0.964 bits per heavy atom. The second kappa shape index (κ2) is 8.41. The maximum atomic E-state index is 12.6. The molecule has 0 bridgehead atoms. The van der Waals surface area contributed by atoms with E-state index in [4.69, 9.17) is 9.47 Å². The van der Waals surface area contributed by atoms with Crippen LogP contribution in [0.2, 0.25) is 0 Å². The SMILES string of the molecule is COc1ccc(Oc2cc(CNS(=O)(=O)c3ccc(C)cc3C)ccn2)cc1. The summed E-state index contributed by atoms with van der Waals surface area (Å²) in [4.78, 5) is 4.45. The minimum absolute atomic E-state index is 0.136. The van der Waals surface area contributed by atoms with Crippen molar-refractivity contribution in [3.8, 4) is 17.4 Å². The summed E-state index contributed by atoms with van der Waals surface area (Å²) in [5.74, 6) is 1.73. The Kier molecular flexibility index (Phi) is 5.96. The number of benzene rings is 2. The van der Waals surface area contributed by atoms with Gasteiger partial charge in [-0.3, -0.25) is 0 Å². The zero-order valence-corrected chi connectivity index (χ0v) is 16.8. The van der Waals surface area contributed by atoms with Crippen LogP contribution < -0.4 is 14.2 Å². The van der Waals surface area contributed by atoms with Crippen LogP contribution in [0, 0.1) is 13.8 Å². The molecule has 3 aromatic rings. The molecule has 1 N–H and O–H groups in total. The van der Waals surface area contributed by atoms with Crippen molar-refractivity contribution < 1.29 is 17.9 Å². The van der Waals surface area contributed by atoms with Crippen molar-refractivity contribution in [1.29, 1.82) is 0 Å². The maximum Gasteiger partial charge on any atom is 0.241 e. The van der Waals surface area contributed by atoms with Crippen molar-refractivity contribution in [1.82, 2.24) is 9.71 Å². The van der Waals surface area contributed by atoms with Gasteiger partial charge in [0.25, 0.3) is 0 Å². The Bertz CT molecular complexity index is 1060. The number of hydrogen-bond acceptors (Lipinski definition) is 5. The van der Waals surface area contributed by atoms with Gasteiger partial charge >= 0.3 is 0 Å². The van der Waals surface area contributed by atoms with E-state index in [1.165, 1.54) is 0 Å². The summed E-state index contributed by atoms with van der Waals surface area (Å²) in [5.41, 5.74) is 2.48. The number of aryl methyl sites for hydroxylation is 2. The molecule has 0 spiro atoms. The summed E-state index contributed by atoms with van der Waals surface area (Å²) in [5, 5.41) is 0. The van der Waals surface area contributed by atoms with E-state index in [9.17, 15) is 8.42 Å². The van der Waals surface area contributed by atoms with Gasteiger partial charge in [0.05, 0.1) is 12.0 Å². The van der Waals surface area contributed by atoms with Gasteiger partial charge in [0.15, 0.2) is 0 Å².